The largest absolute Gasteiger partial charge is 0.404 e. The van der Waals surface area contributed by atoms with Gasteiger partial charge in [-0.3, -0.25) is 0 Å². The van der Waals surface area contributed by atoms with Crippen LogP contribution >= 0.6 is 0 Å². The molecule has 0 radical (unpaired) electrons. The Morgan fingerprint density at radius 1 is 1.44 bits per heavy atom. The highest BCUT2D eigenvalue weighted by molar-refractivity contribution is 7.82. The summed E-state index contributed by atoms with van der Waals surface area (Å²) >= 11 is 0. The van der Waals surface area contributed by atoms with Crippen molar-refractivity contribution in [2.24, 2.45) is 0 Å². The smallest absolute Gasteiger partial charge is 0.215 e. The number of rotatable bonds is 2. The second-order valence-corrected chi connectivity index (χ2v) is 3.02. The fourth-order valence-electron chi connectivity index (χ4n) is 0.602. The molecule has 0 aromatic rings. The van der Waals surface area contributed by atoms with E-state index in [0.717, 1.165) is 6.42 Å². The molecule has 0 aromatic heterocycles. The fourth-order valence-corrected chi connectivity index (χ4v) is 1.33. The van der Waals surface area contributed by atoms with Gasteiger partial charge < -0.3 is 0 Å². The average molecular weight is 152 g/mol. The molecule has 0 saturated carbocycles. The van der Waals surface area contributed by atoms with Crippen molar-refractivity contribution in [1.82, 2.24) is 0 Å². The highest BCUT2D eigenvalue weighted by Gasteiger charge is 2.34. The lowest BCUT2D eigenvalue weighted by atomic mass is 10.3. The maximum absolute atomic E-state index is 10.1. The minimum atomic E-state index is -3.55. The van der Waals surface area contributed by atoms with Crippen LogP contribution in [0.1, 0.15) is 19.8 Å². The first-order valence-corrected chi connectivity index (χ1v) is 4.09. The van der Waals surface area contributed by atoms with Crippen molar-refractivity contribution < 1.29 is 16.8 Å². The first-order chi connectivity index (χ1) is 4.14. The van der Waals surface area contributed by atoms with Crippen LogP contribution in [0.3, 0.4) is 0 Å². The first-order valence-electron chi connectivity index (χ1n) is 2.75. The van der Waals surface area contributed by atoms with E-state index >= 15 is 0 Å². The molecule has 1 aliphatic rings. The van der Waals surface area contributed by atoms with Crippen LogP contribution in [-0.4, -0.2) is 14.7 Å². The van der Waals surface area contributed by atoms with E-state index in [4.69, 9.17) is 0 Å². The van der Waals surface area contributed by atoms with Gasteiger partial charge in [-0.1, -0.05) is 13.3 Å². The van der Waals surface area contributed by atoms with Crippen molar-refractivity contribution in [3.63, 3.8) is 0 Å². The summed E-state index contributed by atoms with van der Waals surface area (Å²) in [6, 6.07) is 0. The SMILES string of the molecule is CCCC1OS(=O)(=O)O1. The Morgan fingerprint density at radius 2 is 2.00 bits per heavy atom. The molecule has 1 saturated heterocycles. The standard InChI is InChI=1S/C4H8O4S/c1-2-3-4-7-9(5,6)8-4/h4H,2-3H2,1H3. The second kappa shape index (κ2) is 2.24. The van der Waals surface area contributed by atoms with Crippen molar-refractivity contribution in [2.45, 2.75) is 26.1 Å². The van der Waals surface area contributed by atoms with Crippen LogP contribution in [0, 0.1) is 0 Å². The van der Waals surface area contributed by atoms with E-state index in [1.54, 1.807) is 0 Å². The lowest BCUT2D eigenvalue weighted by Crippen LogP contribution is -2.35. The summed E-state index contributed by atoms with van der Waals surface area (Å²) in [6.45, 7) is 1.93. The van der Waals surface area contributed by atoms with Gasteiger partial charge in [0.05, 0.1) is 0 Å². The van der Waals surface area contributed by atoms with E-state index in [1.807, 2.05) is 6.92 Å². The van der Waals surface area contributed by atoms with Gasteiger partial charge >= 0.3 is 10.4 Å². The summed E-state index contributed by atoms with van der Waals surface area (Å²) in [5.41, 5.74) is 0. The van der Waals surface area contributed by atoms with E-state index in [2.05, 4.69) is 8.37 Å². The van der Waals surface area contributed by atoms with Crippen LogP contribution in [0.2, 0.25) is 0 Å². The molecule has 54 valence electrons. The fraction of sp³-hybridized carbons (Fsp3) is 1.00. The summed E-state index contributed by atoms with van der Waals surface area (Å²) in [4.78, 5) is 0. The topological polar surface area (TPSA) is 52.6 Å². The number of hydrogen-bond acceptors (Lipinski definition) is 4. The zero-order chi connectivity index (χ0) is 6.91. The highest BCUT2D eigenvalue weighted by Crippen LogP contribution is 2.21. The predicted molar refractivity (Wildman–Crippen MR) is 29.8 cm³/mol. The molecule has 0 atom stereocenters. The zero-order valence-corrected chi connectivity index (χ0v) is 5.85. The predicted octanol–water partition coefficient (Wildman–Crippen LogP) is 0.404. The maximum atomic E-state index is 10.1. The van der Waals surface area contributed by atoms with Crippen molar-refractivity contribution in [2.75, 3.05) is 0 Å². The van der Waals surface area contributed by atoms with Gasteiger partial charge in [0, 0.05) is 6.42 Å². The van der Waals surface area contributed by atoms with Gasteiger partial charge in [0.15, 0.2) is 6.29 Å². The lowest BCUT2D eigenvalue weighted by Gasteiger charge is -2.23. The molecule has 0 unspecified atom stereocenters. The van der Waals surface area contributed by atoms with Gasteiger partial charge in [-0.15, -0.1) is 0 Å². The number of hydrogen-bond donors (Lipinski definition) is 0. The van der Waals surface area contributed by atoms with Crippen molar-refractivity contribution >= 4 is 10.4 Å². The Morgan fingerprint density at radius 3 is 2.33 bits per heavy atom. The molecule has 0 N–H and O–H groups in total. The van der Waals surface area contributed by atoms with Crippen LogP contribution < -0.4 is 0 Å². The third-order valence-electron chi connectivity index (χ3n) is 0.975. The monoisotopic (exact) mass is 152 g/mol. The third-order valence-corrected chi connectivity index (χ3v) is 1.88. The van der Waals surface area contributed by atoms with Crippen LogP contribution in [0.25, 0.3) is 0 Å². The molecule has 9 heavy (non-hydrogen) atoms. The minimum absolute atomic E-state index is 0.514. The molecular weight excluding hydrogens is 144 g/mol. The molecule has 0 aromatic carbocycles. The van der Waals surface area contributed by atoms with E-state index in [0.29, 0.717) is 6.42 Å². The van der Waals surface area contributed by atoms with Crippen LogP contribution in [-0.2, 0) is 18.8 Å². The third kappa shape index (κ3) is 1.64. The van der Waals surface area contributed by atoms with Crippen molar-refractivity contribution in [3.8, 4) is 0 Å². The maximum Gasteiger partial charge on any atom is 0.404 e. The molecule has 1 fully saturated rings. The Labute approximate surface area is 54.1 Å². The van der Waals surface area contributed by atoms with Gasteiger partial charge in [0.25, 0.3) is 0 Å². The van der Waals surface area contributed by atoms with Crippen LogP contribution in [0.15, 0.2) is 0 Å². The van der Waals surface area contributed by atoms with E-state index in [-0.39, 0.29) is 0 Å². The molecule has 1 aliphatic heterocycles. The Hall–Kier alpha value is -0.130. The first kappa shape index (κ1) is 6.98. The molecule has 0 amide bonds. The zero-order valence-electron chi connectivity index (χ0n) is 5.03. The molecule has 0 spiro atoms. The molecule has 0 aliphatic carbocycles. The van der Waals surface area contributed by atoms with Gasteiger partial charge in [0.2, 0.25) is 0 Å². The summed E-state index contributed by atoms with van der Waals surface area (Å²) in [7, 11) is -3.55. The highest BCUT2D eigenvalue weighted by atomic mass is 32.3. The van der Waals surface area contributed by atoms with Gasteiger partial charge in [-0.2, -0.15) is 8.42 Å². The molecule has 5 heteroatoms. The van der Waals surface area contributed by atoms with Crippen molar-refractivity contribution in [3.05, 3.63) is 0 Å². The Bertz CT molecular complexity index is 171. The second-order valence-electron chi connectivity index (χ2n) is 1.82. The molecular formula is C4H8O4S. The molecule has 0 bridgehead atoms. The summed E-state index contributed by atoms with van der Waals surface area (Å²) in [5, 5.41) is 0. The van der Waals surface area contributed by atoms with Gasteiger partial charge in [-0.05, 0) is 0 Å². The minimum Gasteiger partial charge on any atom is -0.215 e. The van der Waals surface area contributed by atoms with E-state index in [9.17, 15) is 8.42 Å². The molecule has 1 rings (SSSR count). The normalized spacial score (nSPS) is 25.4. The Kier molecular flexibility index (Phi) is 1.74. The van der Waals surface area contributed by atoms with E-state index < -0.39 is 16.7 Å². The van der Waals surface area contributed by atoms with Crippen molar-refractivity contribution in [1.29, 1.82) is 0 Å². The van der Waals surface area contributed by atoms with Gasteiger partial charge in [0.1, 0.15) is 0 Å². The quantitative estimate of drug-likeness (QED) is 0.574. The Balaban J connectivity index is 2.28. The lowest BCUT2D eigenvalue weighted by molar-refractivity contribution is -0.0833. The van der Waals surface area contributed by atoms with E-state index in [1.165, 1.54) is 0 Å². The van der Waals surface area contributed by atoms with Crippen LogP contribution in [0.4, 0.5) is 0 Å². The average Bonchev–Trinajstić information content (AvgIpc) is 1.62. The summed E-state index contributed by atoms with van der Waals surface area (Å²) < 4.78 is 28.9. The van der Waals surface area contributed by atoms with Crippen LogP contribution in [0.5, 0.6) is 0 Å². The summed E-state index contributed by atoms with van der Waals surface area (Å²) in [5.74, 6) is 0. The summed E-state index contributed by atoms with van der Waals surface area (Å²) in [6.07, 6.45) is 0.986. The van der Waals surface area contributed by atoms with Gasteiger partial charge in [-0.25, -0.2) is 8.37 Å². The molecule has 4 nitrogen and oxygen atoms in total. The molecule has 1 heterocycles.